The molecule has 0 saturated carbocycles. The van der Waals surface area contributed by atoms with Crippen molar-refractivity contribution in [1.29, 1.82) is 0 Å². The van der Waals surface area contributed by atoms with E-state index in [0.717, 1.165) is 24.1 Å². The molecule has 1 radical (unpaired) electrons. The standard InChI is InChI=1S/C27H40N3O3/c1-2-3-4-5-6-7-8-9-10-11-19-29-27(31)25-14-12-13-24(20-25)22-28-21-23-15-17-26(18-16-23)30(32)33/h12-18,20,30,32H,2-11,19,21-22H2,1H3,(H,29,31). The molecule has 6 heteroatoms. The molecule has 0 saturated heterocycles. The van der Waals surface area contributed by atoms with Crippen molar-refractivity contribution in [3.05, 3.63) is 70.4 Å². The minimum Gasteiger partial charge on any atom is -0.595 e. The van der Waals surface area contributed by atoms with Crippen molar-refractivity contribution in [2.75, 3.05) is 6.54 Å². The monoisotopic (exact) mass is 454 g/mol. The number of carbonyl (C=O) groups excluding carboxylic acids is 1. The maximum absolute atomic E-state index is 12.4. The zero-order valence-corrected chi connectivity index (χ0v) is 20.0. The Morgan fingerprint density at radius 2 is 1.48 bits per heavy atom. The van der Waals surface area contributed by atoms with E-state index in [4.69, 9.17) is 5.21 Å². The summed E-state index contributed by atoms with van der Waals surface area (Å²) in [4.78, 5) is 12.4. The first-order valence-corrected chi connectivity index (χ1v) is 12.4. The van der Waals surface area contributed by atoms with Gasteiger partial charge in [-0.05, 0) is 29.7 Å². The normalized spacial score (nSPS) is 12.0. The van der Waals surface area contributed by atoms with Crippen LogP contribution in [0.25, 0.3) is 0 Å². The van der Waals surface area contributed by atoms with E-state index < -0.39 is 5.23 Å². The number of nitrogens with zero attached hydrogens (tertiary/aromatic N) is 1. The molecule has 181 valence electrons. The lowest BCUT2D eigenvalue weighted by Gasteiger charge is -2.11. The van der Waals surface area contributed by atoms with Crippen molar-refractivity contribution in [3.8, 4) is 0 Å². The quantitative estimate of drug-likeness (QED) is 0.231. The summed E-state index contributed by atoms with van der Waals surface area (Å²) in [5.74, 6) is -0.0305. The molecular weight excluding hydrogens is 414 g/mol. The van der Waals surface area contributed by atoms with Gasteiger partial charge in [-0.25, -0.2) is 10.5 Å². The Balaban J connectivity index is 1.59. The van der Waals surface area contributed by atoms with Gasteiger partial charge in [0.05, 0.1) is 0 Å². The zero-order valence-electron chi connectivity index (χ0n) is 20.0. The molecule has 0 bridgehead atoms. The summed E-state index contributed by atoms with van der Waals surface area (Å²) in [5, 5.41) is 26.5. The maximum Gasteiger partial charge on any atom is 0.251 e. The van der Waals surface area contributed by atoms with E-state index in [1.165, 1.54) is 57.8 Å². The van der Waals surface area contributed by atoms with Crippen LogP contribution in [-0.2, 0) is 13.1 Å². The second-order valence-corrected chi connectivity index (χ2v) is 8.68. The molecule has 0 fully saturated rings. The van der Waals surface area contributed by atoms with Crippen molar-refractivity contribution in [1.82, 2.24) is 10.6 Å². The lowest BCUT2D eigenvalue weighted by atomic mass is 10.1. The predicted octanol–water partition coefficient (Wildman–Crippen LogP) is 5.05. The molecule has 2 aromatic rings. The van der Waals surface area contributed by atoms with Gasteiger partial charge in [0.2, 0.25) is 0 Å². The van der Waals surface area contributed by atoms with E-state index in [1.54, 1.807) is 24.3 Å². The Bertz CT molecular complexity index is 793. The average Bonchev–Trinajstić information content (AvgIpc) is 2.83. The van der Waals surface area contributed by atoms with Crippen LogP contribution in [0.3, 0.4) is 0 Å². The van der Waals surface area contributed by atoms with Crippen LogP contribution in [-0.4, -0.2) is 17.7 Å². The highest BCUT2D eigenvalue weighted by molar-refractivity contribution is 5.94. The van der Waals surface area contributed by atoms with Crippen LogP contribution in [0.15, 0.2) is 48.5 Å². The molecular formula is C27H40N3O3. The summed E-state index contributed by atoms with van der Waals surface area (Å²) < 4.78 is 0. The largest absolute Gasteiger partial charge is 0.595 e. The third-order valence-electron chi connectivity index (χ3n) is 5.79. The van der Waals surface area contributed by atoms with Crippen molar-refractivity contribution in [2.24, 2.45) is 0 Å². The molecule has 6 nitrogen and oxygen atoms in total. The number of hydrogen-bond acceptors (Lipinski definition) is 3. The van der Waals surface area contributed by atoms with E-state index in [-0.39, 0.29) is 11.6 Å². The summed E-state index contributed by atoms with van der Waals surface area (Å²) >= 11 is 0. The van der Waals surface area contributed by atoms with E-state index in [9.17, 15) is 10.0 Å². The number of benzene rings is 2. The van der Waals surface area contributed by atoms with Gasteiger partial charge >= 0.3 is 0 Å². The molecule has 33 heavy (non-hydrogen) atoms. The van der Waals surface area contributed by atoms with Gasteiger partial charge in [0.1, 0.15) is 0 Å². The Hall–Kier alpha value is -2.25. The minimum atomic E-state index is -0.929. The van der Waals surface area contributed by atoms with Crippen LogP contribution in [0.5, 0.6) is 0 Å². The van der Waals surface area contributed by atoms with Gasteiger partial charge in [-0.15, -0.1) is 0 Å². The molecule has 0 aliphatic carbocycles. The maximum atomic E-state index is 12.4. The molecule has 3 N–H and O–H groups in total. The number of rotatable bonds is 17. The van der Waals surface area contributed by atoms with Gasteiger partial charge in [0.25, 0.3) is 5.91 Å². The first-order chi connectivity index (χ1) is 16.1. The Morgan fingerprint density at radius 1 is 0.879 bits per heavy atom. The lowest BCUT2D eigenvalue weighted by Crippen LogP contribution is -2.99. The third-order valence-corrected chi connectivity index (χ3v) is 5.79. The number of carbonyl (C=O) groups is 1. The Kier molecular flexibility index (Phi) is 13.4. The van der Waals surface area contributed by atoms with Crippen molar-refractivity contribution in [3.63, 3.8) is 0 Å². The molecule has 0 heterocycles. The predicted molar refractivity (Wildman–Crippen MR) is 132 cm³/mol. The highest BCUT2D eigenvalue weighted by Crippen LogP contribution is 2.11. The van der Waals surface area contributed by atoms with E-state index in [0.29, 0.717) is 18.7 Å². The first-order valence-electron chi connectivity index (χ1n) is 12.4. The molecule has 0 aliphatic heterocycles. The van der Waals surface area contributed by atoms with Gasteiger partial charge in [-0.3, -0.25) is 4.79 Å². The van der Waals surface area contributed by atoms with Crippen molar-refractivity contribution < 1.29 is 15.2 Å². The second-order valence-electron chi connectivity index (χ2n) is 8.68. The molecule has 0 aliphatic rings. The zero-order chi connectivity index (χ0) is 23.7. The molecule has 0 aromatic heterocycles. The highest BCUT2D eigenvalue weighted by Gasteiger charge is 2.06. The van der Waals surface area contributed by atoms with Crippen molar-refractivity contribution in [2.45, 2.75) is 84.2 Å². The molecule has 0 spiro atoms. The summed E-state index contributed by atoms with van der Waals surface area (Å²) in [6.07, 6.45) is 12.8. The minimum absolute atomic E-state index is 0.0305. The smallest absolute Gasteiger partial charge is 0.251 e. The SMILES string of the molecule is CCCCCCCCCCCCNC(=O)c1cccc(C[N]Cc2ccc([NH+]([O-])O)cc2)c1. The molecule has 1 unspecified atom stereocenters. The highest BCUT2D eigenvalue weighted by atomic mass is 16.8. The van der Waals surface area contributed by atoms with Crippen molar-refractivity contribution >= 4 is 11.6 Å². The third kappa shape index (κ3) is 11.4. The Labute approximate surface area is 198 Å². The lowest BCUT2D eigenvalue weighted by molar-refractivity contribution is -0.991. The summed E-state index contributed by atoms with van der Waals surface area (Å²) in [7, 11) is 0. The summed E-state index contributed by atoms with van der Waals surface area (Å²) in [6.45, 7) is 3.99. The topological polar surface area (TPSA) is 90.9 Å². The average molecular weight is 455 g/mol. The fraction of sp³-hybridized carbons (Fsp3) is 0.519. The van der Waals surface area contributed by atoms with Gasteiger partial charge in [-0.2, -0.15) is 5.23 Å². The van der Waals surface area contributed by atoms with E-state index in [2.05, 4.69) is 17.6 Å². The fourth-order valence-electron chi connectivity index (χ4n) is 3.79. The van der Waals surface area contributed by atoms with Crippen LogP contribution < -0.4 is 15.9 Å². The summed E-state index contributed by atoms with van der Waals surface area (Å²) in [5.41, 5.74) is 2.89. The second kappa shape index (κ2) is 16.4. The number of quaternary nitrogens is 1. The van der Waals surface area contributed by atoms with Gasteiger partial charge in [0.15, 0.2) is 5.69 Å². The van der Waals surface area contributed by atoms with Crippen LogP contribution >= 0.6 is 0 Å². The number of nitrogens with one attached hydrogen (secondary N) is 2. The first kappa shape index (κ1) is 27.0. The Morgan fingerprint density at radius 3 is 2.12 bits per heavy atom. The van der Waals surface area contributed by atoms with Crippen LogP contribution in [0.2, 0.25) is 0 Å². The number of unbranched alkanes of at least 4 members (excludes halogenated alkanes) is 9. The van der Waals surface area contributed by atoms with Gasteiger partial charge in [0, 0.05) is 37.3 Å². The van der Waals surface area contributed by atoms with Crippen LogP contribution in [0.1, 0.15) is 92.6 Å². The van der Waals surface area contributed by atoms with E-state index in [1.807, 2.05) is 24.3 Å². The van der Waals surface area contributed by atoms with E-state index >= 15 is 0 Å². The molecule has 1 amide bonds. The van der Waals surface area contributed by atoms with Gasteiger partial charge < -0.3 is 10.5 Å². The molecule has 2 aromatic carbocycles. The number of amides is 1. The molecule has 1 atom stereocenters. The van der Waals surface area contributed by atoms with Crippen LogP contribution in [0.4, 0.5) is 5.69 Å². The van der Waals surface area contributed by atoms with Gasteiger partial charge in [-0.1, -0.05) is 89.0 Å². The van der Waals surface area contributed by atoms with Crippen LogP contribution in [0, 0.1) is 5.21 Å². The molecule has 2 rings (SSSR count). The fourth-order valence-corrected chi connectivity index (χ4v) is 3.79. The number of hydrogen-bond donors (Lipinski definition) is 3. The summed E-state index contributed by atoms with van der Waals surface area (Å²) in [6, 6.07) is 14.3.